The van der Waals surface area contributed by atoms with Gasteiger partial charge >= 0.3 is 0 Å². The molecule has 0 saturated heterocycles. The molecule has 3 aromatic rings. The van der Waals surface area contributed by atoms with Crippen LogP contribution in [0.2, 0.25) is 0 Å². The predicted octanol–water partition coefficient (Wildman–Crippen LogP) is 2.31. The van der Waals surface area contributed by atoms with Crippen LogP contribution in [0.1, 0.15) is 30.1 Å². The van der Waals surface area contributed by atoms with Crippen LogP contribution in [0, 0.1) is 0 Å². The first kappa shape index (κ1) is 32.6. The zero-order valence-corrected chi connectivity index (χ0v) is 25.6. The van der Waals surface area contributed by atoms with Crippen LogP contribution in [0.15, 0.2) is 93.2 Å². The molecule has 1 amide bonds. The molecule has 3 aromatic carbocycles. The van der Waals surface area contributed by atoms with E-state index >= 15 is 0 Å². The van der Waals surface area contributed by atoms with Crippen molar-refractivity contribution >= 4 is 37.6 Å². The molecular weight excluding hydrogens is 642 g/mol. The van der Waals surface area contributed by atoms with E-state index in [2.05, 4.69) is 26.8 Å². The average molecular weight is 677 g/mol. The number of hydrogen-bond acceptors (Lipinski definition) is 10. The van der Waals surface area contributed by atoms with Gasteiger partial charge < -0.3 is 24.8 Å². The van der Waals surface area contributed by atoms with E-state index < -0.39 is 52.4 Å². The second-order valence-electron chi connectivity index (χ2n) is 9.88. The van der Waals surface area contributed by atoms with E-state index in [1.165, 1.54) is 12.1 Å². The van der Waals surface area contributed by atoms with Crippen molar-refractivity contribution in [1.29, 1.82) is 0 Å². The molecule has 0 spiro atoms. The van der Waals surface area contributed by atoms with E-state index in [1.54, 1.807) is 66.7 Å². The molecule has 1 aliphatic rings. The Morgan fingerprint density at radius 3 is 2.30 bits per heavy atom. The molecule has 1 aliphatic heterocycles. The fourth-order valence-corrected chi connectivity index (χ4v) is 6.12. The molecule has 0 fully saturated rings. The maximum Gasteiger partial charge on any atom is 0.266 e. The summed E-state index contributed by atoms with van der Waals surface area (Å²) in [7, 11) is -3.82. The molecule has 0 bridgehead atoms. The van der Waals surface area contributed by atoms with E-state index in [0.29, 0.717) is 29.9 Å². The number of nitrogens with zero attached hydrogens (tertiary/aromatic N) is 1. The molecule has 1 heterocycles. The highest BCUT2D eigenvalue weighted by Gasteiger charge is 2.53. The van der Waals surface area contributed by atoms with Gasteiger partial charge in [-0.1, -0.05) is 46.3 Å². The van der Waals surface area contributed by atoms with Crippen LogP contribution in [0.3, 0.4) is 0 Å². The Labute approximate surface area is 258 Å². The van der Waals surface area contributed by atoms with Crippen LogP contribution >= 0.6 is 15.9 Å². The summed E-state index contributed by atoms with van der Waals surface area (Å²) in [5.74, 6) is -0.419. The molecule has 43 heavy (non-hydrogen) atoms. The maximum atomic E-state index is 14.0. The SMILES string of the molecule is O=C(NNC(CO)CO)[C@@]1(CCS(=O)(=O)c2ccccc2)N=C(c2ccc(OCCCO)cc2)O[C@H]1c1ccc(Br)cc1. The number of hydrazine groups is 1. The number of benzene rings is 3. The van der Waals surface area contributed by atoms with Crippen molar-refractivity contribution in [2.75, 3.05) is 32.2 Å². The van der Waals surface area contributed by atoms with Crippen molar-refractivity contribution in [3.63, 3.8) is 0 Å². The molecule has 230 valence electrons. The molecule has 0 saturated carbocycles. The van der Waals surface area contributed by atoms with Gasteiger partial charge in [0.2, 0.25) is 5.90 Å². The highest BCUT2D eigenvalue weighted by atomic mass is 79.9. The summed E-state index contributed by atoms with van der Waals surface area (Å²) in [5.41, 5.74) is 4.48. The third-order valence-corrected chi connectivity index (χ3v) is 9.15. The molecule has 13 heteroatoms. The highest BCUT2D eigenvalue weighted by Crippen LogP contribution is 2.43. The van der Waals surface area contributed by atoms with Gasteiger partial charge in [-0.05, 0) is 54.1 Å². The average Bonchev–Trinajstić information content (AvgIpc) is 3.43. The fourth-order valence-electron chi connectivity index (χ4n) is 4.47. The van der Waals surface area contributed by atoms with Crippen molar-refractivity contribution in [3.8, 4) is 5.75 Å². The van der Waals surface area contributed by atoms with Gasteiger partial charge in [0.15, 0.2) is 21.5 Å². The molecule has 0 radical (unpaired) electrons. The number of aliphatic hydroxyl groups excluding tert-OH is 3. The number of halogens is 1. The van der Waals surface area contributed by atoms with Crippen LogP contribution in [0.4, 0.5) is 0 Å². The van der Waals surface area contributed by atoms with Crippen LogP contribution < -0.4 is 15.6 Å². The summed E-state index contributed by atoms with van der Waals surface area (Å²) in [6, 6.07) is 21.0. The van der Waals surface area contributed by atoms with Crippen molar-refractivity contribution < 1.29 is 38.0 Å². The monoisotopic (exact) mass is 675 g/mol. The molecule has 0 unspecified atom stereocenters. The number of nitrogens with one attached hydrogen (secondary N) is 2. The predicted molar refractivity (Wildman–Crippen MR) is 163 cm³/mol. The van der Waals surface area contributed by atoms with Gasteiger partial charge in [0, 0.05) is 29.5 Å². The second kappa shape index (κ2) is 14.9. The van der Waals surface area contributed by atoms with Gasteiger partial charge in [0.05, 0.1) is 36.5 Å². The summed E-state index contributed by atoms with van der Waals surface area (Å²) in [4.78, 5) is 18.9. The van der Waals surface area contributed by atoms with E-state index in [1.807, 2.05) is 0 Å². The van der Waals surface area contributed by atoms with Gasteiger partial charge in [-0.3, -0.25) is 10.2 Å². The summed E-state index contributed by atoms with van der Waals surface area (Å²) < 4.78 is 39.5. The first-order chi connectivity index (χ1) is 20.7. The minimum Gasteiger partial charge on any atom is -0.494 e. The quantitative estimate of drug-likeness (QED) is 0.120. The molecule has 5 N–H and O–H groups in total. The molecule has 2 atom stereocenters. The minimum atomic E-state index is -3.82. The van der Waals surface area contributed by atoms with Crippen molar-refractivity contribution in [3.05, 3.63) is 94.5 Å². The Hall–Kier alpha value is -3.33. The summed E-state index contributed by atoms with van der Waals surface area (Å²) in [5, 5.41) is 28.0. The van der Waals surface area contributed by atoms with E-state index in [-0.39, 0.29) is 23.8 Å². The number of sulfone groups is 1. The van der Waals surface area contributed by atoms with Crippen LogP contribution in [-0.2, 0) is 19.4 Å². The molecular formula is C30H34BrN3O8S. The van der Waals surface area contributed by atoms with Crippen molar-refractivity contribution in [2.45, 2.75) is 35.4 Å². The summed E-state index contributed by atoms with van der Waals surface area (Å²) in [6.45, 7) is -0.565. The molecule has 4 rings (SSSR count). The number of aliphatic hydroxyl groups is 3. The lowest BCUT2D eigenvalue weighted by molar-refractivity contribution is -0.130. The standard InChI is InChI=1S/C30H34BrN3O8S/c31-23-11-7-21(8-12-23)27-30(29(38)34-33-24(19-36)20-37,15-18-43(39,40)26-5-2-1-3-6-26)32-28(42-27)22-9-13-25(14-10-22)41-17-4-16-35/h1-3,5-14,24,27,33,35-37H,4,15-20H2,(H,34,38)/t27-,30-/m0/s1. The number of hydrogen-bond donors (Lipinski definition) is 5. The fraction of sp³-hybridized carbons (Fsp3) is 0.333. The molecule has 0 aliphatic carbocycles. The first-order valence-corrected chi connectivity index (χ1v) is 16.1. The van der Waals surface area contributed by atoms with E-state index in [9.17, 15) is 23.4 Å². The normalized spacial score (nSPS) is 18.3. The lowest BCUT2D eigenvalue weighted by Gasteiger charge is -2.31. The van der Waals surface area contributed by atoms with Crippen LogP contribution in [0.5, 0.6) is 5.75 Å². The van der Waals surface area contributed by atoms with Gasteiger partial charge in [-0.2, -0.15) is 0 Å². The Balaban J connectivity index is 1.75. The maximum absolute atomic E-state index is 14.0. The topological polar surface area (TPSA) is 167 Å². The zero-order valence-electron chi connectivity index (χ0n) is 23.2. The Kier molecular flexibility index (Phi) is 11.3. The number of aliphatic imine (C=N–C) groups is 1. The van der Waals surface area contributed by atoms with Crippen LogP contribution in [-0.4, -0.2) is 79.3 Å². The second-order valence-corrected chi connectivity index (χ2v) is 12.9. The van der Waals surface area contributed by atoms with Gasteiger partial charge in [0.25, 0.3) is 5.91 Å². The smallest absolute Gasteiger partial charge is 0.266 e. The molecule has 0 aromatic heterocycles. The van der Waals surface area contributed by atoms with E-state index in [0.717, 1.165) is 4.47 Å². The summed E-state index contributed by atoms with van der Waals surface area (Å²) in [6.07, 6.45) is -0.782. The van der Waals surface area contributed by atoms with Gasteiger partial charge in [0.1, 0.15) is 5.75 Å². The Morgan fingerprint density at radius 2 is 1.67 bits per heavy atom. The van der Waals surface area contributed by atoms with Crippen molar-refractivity contribution in [2.24, 2.45) is 4.99 Å². The number of amides is 1. The number of rotatable bonds is 15. The number of carbonyl (C=O) groups excluding carboxylic acids is 1. The number of ether oxygens (including phenoxy) is 2. The van der Waals surface area contributed by atoms with Crippen LogP contribution in [0.25, 0.3) is 0 Å². The third kappa shape index (κ3) is 7.99. The largest absolute Gasteiger partial charge is 0.494 e. The zero-order chi connectivity index (χ0) is 30.9. The third-order valence-electron chi connectivity index (χ3n) is 6.89. The first-order valence-electron chi connectivity index (χ1n) is 13.6. The lowest BCUT2D eigenvalue weighted by Crippen LogP contribution is -2.56. The van der Waals surface area contributed by atoms with Gasteiger partial charge in [-0.15, -0.1) is 0 Å². The van der Waals surface area contributed by atoms with E-state index in [4.69, 9.17) is 19.6 Å². The Morgan fingerprint density at radius 1 is 1.00 bits per heavy atom. The Bertz CT molecular complexity index is 1480. The lowest BCUT2D eigenvalue weighted by atomic mass is 9.85. The highest BCUT2D eigenvalue weighted by molar-refractivity contribution is 9.10. The summed E-state index contributed by atoms with van der Waals surface area (Å²) >= 11 is 3.42. The van der Waals surface area contributed by atoms with Crippen molar-refractivity contribution in [1.82, 2.24) is 10.9 Å². The minimum absolute atomic E-state index is 0.0104. The van der Waals surface area contributed by atoms with Gasteiger partial charge in [-0.25, -0.2) is 18.8 Å². The molecule has 11 nitrogen and oxygen atoms in total. The number of carbonyl (C=O) groups is 1.